The molecule has 0 saturated carbocycles. The summed E-state index contributed by atoms with van der Waals surface area (Å²) < 4.78 is 0. The van der Waals surface area contributed by atoms with E-state index < -0.39 is 11.8 Å². The molecule has 25 heavy (non-hydrogen) atoms. The number of aliphatic imine (C=N–C) groups is 2. The van der Waals surface area contributed by atoms with Crippen molar-refractivity contribution < 1.29 is 14.4 Å². The molecule has 130 valence electrons. The van der Waals surface area contributed by atoms with Crippen molar-refractivity contribution in [1.29, 1.82) is 0 Å². The van der Waals surface area contributed by atoms with Crippen LogP contribution in [0.1, 0.15) is 36.5 Å². The molecule has 0 aliphatic carbocycles. The summed E-state index contributed by atoms with van der Waals surface area (Å²) >= 11 is 0. The molecule has 0 unspecified atom stereocenters. The van der Waals surface area contributed by atoms with Gasteiger partial charge in [0.05, 0.1) is 0 Å². The lowest BCUT2D eigenvalue weighted by Crippen LogP contribution is -2.61. The highest BCUT2D eigenvalue weighted by Crippen LogP contribution is 2.17. The minimum absolute atomic E-state index is 0.0377. The number of benzene rings is 1. The molecule has 7 heteroatoms. The summed E-state index contributed by atoms with van der Waals surface area (Å²) in [5.74, 6) is -0.833. The van der Waals surface area contributed by atoms with Gasteiger partial charge in [0.15, 0.2) is 11.5 Å². The summed E-state index contributed by atoms with van der Waals surface area (Å²) in [4.78, 5) is 48.7. The zero-order chi connectivity index (χ0) is 17.8. The van der Waals surface area contributed by atoms with E-state index in [0.717, 1.165) is 12.8 Å². The van der Waals surface area contributed by atoms with Crippen LogP contribution in [0.2, 0.25) is 0 Å². The molecule has 1 aromatic rings. The average Bonchev–Trinajstić information content (AvgIpc) is 2.65. The van der Waals surface area contributed by atoms with E-state index in [0.29, 0.717) is 31.6 Å². The predicted molar refractivity (Wildman–Crippen MR) is 93.8 cm³/mol. The first-order chi connectivity index (χ1) is 12.1. The van der Waals surface area contributed by atoms with Crippen molar-refractivity contribution >= 4 is 29.4 Å². The molecule has 1 fully saturated rings. The Labute approximate surface area is 146 Å². The molecule has 2 heterocycles. The van der Waals surface area contributed by atoms with E-state index in [4.69, 9.17) is 0 Å². The number of fused-ring (bicyclic) bond motifs is 1. The van der Waals surface area contributed by atoms with Gasteiger partial charge in [-0.2, -0.15) is 4.99 Å². The lowest BCUT2D eigenvalue weighted by molar-refractivity contribution is -0.122. The molecule has 0 N–H and O–H groups in total. The van der Waals surface area contributed by atoms with E-state index in [1.807, 2.05) is 6.92 Å². The summed E-state index contributed by atoms with van der Waals surface area (Å²) in [7, 11) is 0. The number of unbranched alkanes of at least 4 members (excludes halogenated alkanes) is 1. The van der Waals surface area contributed by atoms with Crippen LogP contribution in [0.3, 0.4) is 0 Å². The summed E-state index contributed by atoms with van der Waals surface area (Å²) in [6.45, 7) is 3.29. The van der Waals surface area contributed by atoms with Crippen LogP contribution >= 0.6 is 0 Å². The van der Waals surface area contributed by atoms with E-state index >= 15 is 0 Å². The Balaban J connectivity index is 1.98. The maximum atomic E-state index is 12.8. The molecule has 1 aromatic carbocycles. The van der Waals surface area contributed by atoms with Crippen LogP contribution in [0.25, 0.3) is 0 Å². The second-order valence-electron chi connectivity index (χ2n) is 5.94. The third-order valence-electron chi connectivity index (χ3n) is 4.15. The molecule has 0 aromatic heterocycles. The lowest BCUT2D eigenvalue weighted by atomic mass is 10.1. The Morgan fingerprint density at radius 2 is 2.00 bits per heavy atom. The fourth-order valence-corrected chi connectivity index (χ4v) is 2.81. The normalized spacial score (nSPS) is 19.1. The van der Waals surface area contributed by atoms with Crippen LogP contribution in [-0.2, 0) is 4.79 Å². The lowest BCUT2D eigenvalue weighted by Gasteiger charge is -2.37. The molecule has 0 radical (unpaired) electrons. The first-order valence-corrected chi connectivity index (χ1v) is 8.49. The van der Waals surface area contributed by atoms with Crippen molar-refractivity contribution in [3.8, 4) is 0 Å². The number of amidine groups is 1. The monoisotopic (exact) mass is 340 g/mol. The quantitative estimate of drug-likeness (QED) is 0.842. The zero-order valence-corrected chi connectivity index (χ0v) is 14.1. The van der Waals surface area contributed by atoms with Crippen LogP contribution in [0, 0.1) is 0 Å². The third-order valence-corrected chi connectivity index (χ3v) is 4.15. The maximum absolute atomic E-state index is 12.8. The number of hydrogen-bond donors (Lipinski definition) is 0. The molecular weight excluding hydrogens is 320 g/mol. The Kier molecular flexibility index (Phi) is 5.02. The topological polar surface area (TPSA) is 82.4 Å². The van der Waals surface area contributed by atoms with Crippen LogP contribution in [-0.4, -0.2) is 58.8 Å². The second-order valence-corrected chi connectivity index (χ2v) is 5.94. The second kappa shape index (κ2) is 7.38. The van der Waals surface area contributed by atoms with Gasteiger partial charge in [-0.15, -0.1) is 0 Å². The number of hydrogen-bond acceptors (Lipinski definition) is 4. The minimum Gasteiger partial charge on any atom is -0.276 e. The van der Waals surface area contributed by atoms with Gasteiger partial charge in [0.1, 0.15) is 0 Å². The molecule has 7 nitrogen and oxygen atoms in total. The minimum atomic E-state index is -0.542. The molecule has 0 atom stereocenters. The molecule has 4 amide bonds. The van der Waals surface area contributed by atoms with Crippen molar-refractivity contribution in [3.05, 3.63) is 35.9 Å². The smallest absolute Gasteiger partial charge is 0.276 e. The van der Waals surface area contributed by atoms with E-state index in [1.165, 1.54) is 9.80 Å². The van der Waals surface area contributed by atoms with Crippen molar-refractivity contribution in [1.82, 2.24) is 9.80 Å². The fourth-order valence-electron chi connectivity index (χ4n) is 2.81. The van der Waals surface area contributed by atoms with Gasteiger partial charge in [0.2, 0.25) is 0 Å². The highest BCUT2D eigenvalue weighted by molar-refractivity contribution is 6.70. The van der Waals surface area contributed by atoms with Crippen molar-refractivity contribution in [3.63, 3.8) is 0 Å². The Bertz CT molecular complexity index is 755. The van der Waals surface area contributed by atoms with Gasteiger partial charge in [-0.05, 0) is 25.0 Å². The average molecular weight is 340 g/mol. The first-order valence-electron chi connectivity index (χ1n) is 8.49. The number of rotatable bonds is 4. The van der Waals surface area contributed by atoms with E-state index in [9.17, 15) is 14.4 Å². The SMILES string of the molecule is CCCCN1C(=O)C(=NC(=O)c2ccccc2)C2=NCCCN2C1=O. The van der Waals surface area contributed by atoms with Gasteiger partial charge in [-0.3, -0.25) is 24.4 Å². The molecular formula is C18H20N4O3. The zero-order valence-electron chi connectivity index (χ0n) is 14.1. The van der Waals surface area contributed by atoms with Crippen LogP contribution in [0.4, 0.5) is 4.79 Å². The molecule has 2 aliphatic rings. The van der Waals surface area contributed by atoms with E-state index in [2.05, 4.69) is 9.98 Å². The van der Waals surface area contributed by atoms with Gasteiger partial charge in [-0.1, -0.05) is 31.5 Å². The predicted octanol–water partition coefficient (Wildman–Crippen LogP) is 2.13. The van der Waals surface area contributed by atoms with Gasteiger partial charge < -0.3 is 0 Å². The van der Waals surface area contributed by atoms with Crippen molar-refractivity contribution in [2.45, 2.75) is 26.2 Å². The molecule has 1 saturated heterocycles. The molecule has 3 rings (SSSR count). The Morgan fingerprint density at radius 3 is 2.72 bits per heavy atom. The highest BCUT2D eigenvalue weighted by atomic mass is 16.2. The van der Waals surface area contributed by atoms with E-state index in [1.54, 1.807) is 30.3 Å². The number of urea groups is 1. The summed E-state index contributed by atoms with van der Waals surface area (Å²) in [5, 5.41) is 0. The van der Waals surface area contributed by atoms with E-state index in [-0.39, 0.29) is 17.6 Å². The van der Waals surface area contributed by atoms with Crippen LogP contribution in [0.5, 0.6) is 0 Å². The molecule has 0 bridgehead atoms. The summed E-state index contributed by atoms with van der Waals surface area (Å²) in [5.41, 5.74) is 0.354. The Hall–Kier alpha value is -2.83. The van der Waals surface area contributed by atoms with Crippen molar-refractivity contribution in [2.75, 3.05) is 19.6 Å². The van der Waals surface area contributed by atoms with Crippen molar-refractivity contribution in [2.24, 2.45) is 9.98 Å². The van der Waals surface area contributed by atoms with Gasteiger partial charge in [-0.25, -0.2) is 4.79 Å². The fraction of sp³-hybridized carbons (Fsp3) is 0.389. The first kappa shape index (κ1) is 17.0. The standard InChI is InChI=1S/C18H20N4O3/c1-2-3-11-22-17(24)14(15-19-10-7-12-21(15)18(22)25)20-16(23)13-8-5-4-6-9-13/h4-6,8-9H,2-3,7,10-12H2,1H3. The molecule has 0 spiro atoms. The van der Waals surface area contributed by atoms with Gasteiger partial charge in [0.25, 0.3) is 11.8 Å². The van der Waals surface area contributed by atoms with Crippen LogP contribution < -0.4 is 0 Å². The maximum Gasteiger partial charge on any atom is 0.332 e. The van der Waals surface area contributed by atoms with Crippen LogP contribution in [0.15, 0.2) is 40.3 Å². The third kappa shape index (κ3) is 3.35. The summed E-state index contributed by atoms with van der Waals surface area (Å²) in [6.07, 6.45) is 2.29. The number of amides is 4. The largest absolute Gasteiger partial charge is 0.332 e. The Morgan fingerprint density at radius 1 is 1.24 bits per heavy atom. The number of carbonyl (C=O) groups is 3. The number of nitrogens with zero attached hydrogens (tertiary/aromatic N) is 4. The van der Waals surface area contributed by atoms with Gasteiger partial charge >= 0.3 is 6.03 Å². The highest BCUT2D eigenvalue weighted by Gasteiger charge is 2.42. The van der Waals surface area contributed by atoms with Gasteiger partial charge in [0, 0.05) is 25.2 Å². The molecule has 2 aliphatic heterocycles. The number of carbonyl (C=O) groups excluding carboxylic acids is 3. The summed E-state index contributed by atoms with van der Waals surface area (Å²) in [6, 6.07) is 8.17. The number of imide groups is 1.